The smallest absolute Gasteiger partial charge is 0.187 e. The Balaban J connectivity index is 0.883. The molecule has 0 aromatic rings. The molecule has 89 heavy (non-hydrogen) atoms. The minimum absolute atomic E-state index is 0.0310. The zero-order valence-electron chi connectivity index (χ0n) is 51.8. The lowest BCUT2D eigenvalue weighted by atomic mass is 9.38. The van der Waals surface area contributed by atoms with Gasteiger partial charge in [-0.3, -0.25) is 0 Å². The van der Waals surface area contributed by atoms with Gasteiger partial charge in [0, 0.05) is 10.8 Å². The lowest BCUT2D eigenvalue weighted by Crippen LogP contribution is -2.65. The van der Waals surface area contributed by atoms with E-state index in [4.69, 9.17) is 47.4 Å². The predicted molar refractivity (Wildman–Crippen MR) is 300 cm³/mol. The van der Waals surface area contributed by atoms with E-state index in [1.165, 1.54) is 13.8 Å². The molecule has 0 radical (unpaired) electrons. The van der Waals surface area contributed by atoms with Gasteiger partial charge in [-0.25, -0.2) is 0 Å². The number of hydrogen-bond acceptors (Lipinski definition) is 29. The molecular formula is C60H102O29. The average Bonchev–Trinajstić information content (AvgIpc) is 1.66. The van der Waals surface area contributed by atoms with Crippen molar-refractivity contribution in [2.45, 2.75) is 284 Å². The Kier molecular flexibility index (Phi) is 22.3. The quantitative estimate of drug-likeness (QED) is 0.0506. The third-order valence-corrected chi connectivity index (χ3v) is 22.9. The van der Waals surface area contributed by atoms with Gasteiger partial charge in [0.05, 0.1) is 56.9 Å². The summed E-state index contributed by atoms with van der Waals surface area (Å²) in [6.45, 7) is 12.6. The maximum Gasteiger partial charge on any atom is 0.187 e. The van der Waals surface area contributed by atoms with E-state index in [1.807, 2.05) is 13.8 Å². The van der Waals surface area contributed by atoms with Crippen molar-refractivity contribution in [3.05, 3.63) is 11.6 Å². The summed E-state index contributed by atoms with van der Waals surface area (Å²) in [7, 11) is 0. The molecule has 3 saturated carbocycles. The molecule has 0 spiro atoms. The maximum absolute atomic E-state index is 12.8. The fourth-order valence-corrected chi connectivity index (χ4v) is 17.0. The molecule has 5 saturated heterocycles. The largest absolute Gasteiger partial charge is 0.394 e. The number of allylic oxidation sites excluding steroid dienone is 1. The van der Waals surface area contributed by atoms with Crippen LogP contribution in [0.3, 0.4) is 0 Å². The molecule has 0 aromatic carbocycles. The standard InChI is InChI=1S/C60H102O29/c1-23(9-13-35(57(4,5)79)88-55-50(89-54-49(78)43(72)38(67)29(20-63)84-54)45(74)40(69)31(86-55)22-81-52-47(76)42(71)37(66)28(19-62)83-52)24-15-16-58(6)32-12-10-25-26(60(32,8)33(64)17-59(24,58)7)11-14-34(56(25,2)3)87-53-48(77)44(73)39(68)30(85-53)21-80-51-46(75)41(70)36(65)27(18-61)82-51/h10,23-24,26-55,61-79H,9,11-22H2,1-8H3/t23-,24-,26-,27?,28?,29?,30?,31?,32?,33-,34+,35-,36-,37-,38-,39-,40-,41+,42+,43+,44+,45+,46?,47?,48?,49?,50?,51-,52-,53+,54+,55+,58+,59-,60+/m1/s1. The second-order valence-corrected chi connectivity index (χ2v) is 28.7. The molecule has 4 aliphatic carbocycles. The van der Waals surface area contributed by atoms with E-state index in [0.717, 1.165) is 18.4 Å². The molecule has 19 N–H and O–H groups in total. The van der Waals surface area contributed by atoms with Gasteiger partial charge in [0.25, 0.3) is 0 Å². The molecule has 0 amide bonds. The number of hydrogen-bond donors (Lipinski definition) is 19. The molecule has 9 aliphatic rings. The Bertz CT molecular complexity index is 2340. The summed E-state index contributed by atoms with van der Waals surface area (Å²) in [5, 5.41) is 205. The summed E-state index contributed by atoms with van der Waals surface area (Å²) in [6.07, 6.45) is -37.4. The van der Waals surface area contributed by atoms with Crippen LogP contribution in [-0.4, -0.2) is 308 Å². The Morgan fingerprint density at radius 2 is 0.955 bits per heavy atom. The van der Waals surface area contributed by atoms with Crippen molar-refractivity contribution < 1.29 is 144 Å². The van der Waals surface area contributed by atoms with E-state index in [9.17, 15) is 97.0 Å². The number of ether oxygens (including phenoxy) is 10. The van der Waals surface area contributed by atoms with E-state index in [2.05, 4.69) is 33.8 Å². The summed E-state index contributed by atoms with van der Waals surface area (Å²) < 4.78 is 59.3. The first-order valence-corrected chi connectivity index (χ1v) is 31.6. The molecule has 5 heterocycles. The van der Waals surface area contributed by atoms with Gasteiger partial charge < -0.3 is 144 Å². The topological polar surface area (TPSA) is 477 Å². The minimum Gasteiger partial charge on any atom is -0.394 e. The summed E-state index contributed by atoms with van der Waals surface area (Å²) in [6, 6.07) is 0. The van der Waals surface area contributed by atoms with Crippen molar-refractivity contribution in [1.82, 2.24) is 0 Å². The molecule has 0 bridgehead atoms. The van der Waals surface area contributed by atoms with E-state index < -0.39 is 227 Å². The third kappa shape index (κ3) is 13.1. The van der Waals surface area contributed by atoms with Gasteiger partial charge in [-0.05, 0) is 99.7 Å². The van der Waals surface area contributed by atoms with E-state index >= 15 is 0 Å². The number of rotatable bonds is 20. The molecule has 29 heteroatoms. The molecule has 0 aromatic heterocycles. The van der Waals surface area contributed by atoms with Crippen LogP contribution in [0, 0.1) is 45.3 Å². The Morgan fingerprint density at radius 1 is 0.517 bits per heavy atom. The lowest BCUT2D eigenvalue weighted by Gasteiger charge is -2.67. The summed E-state index contributed by atoms with van der Waals surface area (Å²) in [5.74, 6) is -0.0172. The van der Waals surface area contributed by atoms with Gasteiger partial charge in [-0.1, -0.05) is 53.2 Å². The van der Waals surface area contributed by atoms with Crippen LogP contribution in [0.15, 0.2) is 11.6 Å². The molecule has 516 valence electrons. The molecule has 9 rings (SSSR count). The lowest BCUT2D eigenvalue weighted by molar-refractivity contribution is -0.380. The fourth-order valence-electron chi connectivity index (χ4n) is 17.0. The monoisotopic (exact) mass is 1290 g/mol. The van der Waals surface area contributed by atoms with Crippen LogP contribution < -0.4 is 0 Å². The summed E-state index contributed by atoms with van der Waals surface area (Å²) in [5.41, 5.74) is -2.49. The molecule has 35 atom stereocenters. The Hall–Kier alpha value is -1.42. The van der Waals surface area contributed by atoms with E-state index in [0.29, 0.717) is 32.1 Å². The molecule has 29 nitrogen and oxygen atoms in total. The first-order chi connectivity index (χ1) is 41.6. The first-order valence-electron chi connectivity index (χ1n) is 31.6. The predicted octanol–water partition coefficient (Wildman–Crippen LogP) is -5.41. The van der Waals surface area contributed by atoms with Crippen molar-refractivity contribution in [3.63, 3.8) is 0 Å². The van der Waals surface area contributed by atoms with Crippen molar-refractivity contribution in [3.8, 4) is 0 Å². The molecule has 11 unspecified atom stereocenters. The number of fused-ring (bicyclic) bond motifs is 5. The van der Waals surface area contributed by atoms with Gasteiger partial charge in [0.1, 0.15) is 122 Å². The zero-order chi connectivity index (χ0) is 65.5. The van der Waals surface area contributed by atoms with Gasteiger partial charge >= 0.3 is 0 Å². The van der Waals surface area contributed by atoms with E-state index in [1.54, 1.807) is 0 Å². The van der Waals surface area contributed by atoms with Crippen LogP contribution in [0.25, 0.3) is 0 Å². The summed E-state index contributed by atoms with van der Waals surface area (Å²) in [4.78, 5) is 0. The fraction of sp³-hybridized carbons (Fsp3) is 0.967. The highest BCUT2D eigenvalue weighted by molar-refractivity contribution is 5.32. The van der Waals surface area contributed by atoms with Crippen molar-refractivity contribution in [2.24, 2.45) is 45.3 Å². The van der Waals surface area contributed by atoms with E-state index in [-0.39, 0.29) is 35.5 Å². The maximum atomic E-state index is 12.8. The minimum atomic E-state index is -1.96. The van der Waals surface area contributed by atoms with Crippen molar-refractivity contribution in [1.29, 1.82) is 0 Å². The second-order valence-electron chi connectivity index (χ2n) is 28.7. The van der Waals surface area contributed by atoms with Crippen LogP contribution in [0.2, 0.25) is 0 Å². The Morgan fingerprint density at radius 3 is 1.45 bits per heavy atom. The number of aliphatic hydroxyl groups is 19. The highest BCUT2D eigenvalue weighted by atomic mass is 16.8. The zero-order valence-corrected chi connectivity index (χ0v) is 51.8. The van der Waals surface area contributed by atoms with Crippen molar-refractivity contribution in [2.75, 3.05) is 33.0 Å². The second kappa shape index (κ2) is 27.6. The van der Waals surface area contributed by atoms with Gasteiger partial charge in [0.2, 0.25) is 0 Å². The first kappa shape index (κ1) is 71.9. The highest BCUT2D eigenvalue weighted by Crippen LogP contribution is 2.75. The van der Waals surface area contributed by atoms with Crippen LogP contribution in [0.4, 0.5) is 0 Å². The SMILES string of the molecule is C[C@H](CC[C@@H](O[C@@H]1OC(CO[C@@H]2OC(CO)[C@@H](O)[C@H](O)C2O)[C@@H](O)[C@H](O)C1O[C@@H]1OC(CO)[C@@H](O)[C@H](O)C1O)C(C)(C)O)[C@H]1CC[C@@]2(C)C3CC=C4[C@@H](CC[C@H](O[C@@H]5OC(CO[C@@H]6OC(CO)[C@@H](O)[C@H](O)C6O)[C@@H](O)[C@H](O)C5O)C4(C)C)[C@]3(C)[C@H](O)C[C@]12C. The number of aliphatic hydroxyl groups excluding tert-OH is 18. The van der Waals surface area contributed by atoms with Gasteiger partial charge in [-0.15, -0.1) is 0 Å². The normalized spacial score (nSPS) is 51.8. The third-order valence-electron chi connectivity index (χ3n) is 22.9. The molecular weight excluding hydrogens is 1180 g/mol. The van der Waals surface area contributed by atoms with Crippen LogP contribution in [0.1, 0.15) is 107 Å². The van der Waals surface area contributed by atoms with Crippen LogP contribution >= 0.6 is 0 Å². The molecule has 8 fully saturated rings. The average molecular weight is 1290 g/mol. The molecule has 5 aliphatic heterocycles. The Labute approximate surface area is 517 Å². The van der Waals surface area contributed by atoms with Crippen LogP contribution in [-0.2, 0) is 47.4 Å². The van der Waals surface area contributed by atoms with Crippen LogP contribution in [0.5, 0.6) is 0 Å². The van der Waals surface area contributed by atoms with Crippen molar-refractivity contribution >= 4 is 0 Å². The summed E-state index contributed by atoms with van der Waals surface area (Å²) >= 11 is 0. The van der Waals surface area contributed by atoms with Gasteiger partial charge in [0.15, 0.2) is 31.5 Å². The van der Waals surface area contributed by atoms with Gasteiger partial charge in [-0.2, -0.15) is 0 Å². The highest BCUT2D eigenvalue weighted by Gasteiger charge is 2.70.